The van der Waals surface area contributed by atoms with Crippen LogP contribution in [0.2, 0.25) is 0 Å². The van der Waals surface area contributed by atoms with E-state index in [1.54, 1.807) is 24.6 Å². The van der Waals surface area contributed by atoms with Crippen molar-refractivity contribution in [3.8, 4) is 0 Å². The number of amides is 1. The molecule has 1 aromatic rings. The number of carbonyl (C=O) groups is 1. The average molecular weight is 297 g/mol. The van der Waals surface area contributed by atoms with E-state index in [-0.39, 0.29) is 11.9 Å². The lowest BCUT2D eigenvalue weighted by Gasteiger charge is -2.36. The number of rotatable bonds is 6. The lowest BCUT2D eigenvalue weighted by molar-refractivity contribution is -0.137. The van der Waals surface area contributed by atoms with Crippen molar-refractivity contribution in [2.24, 2.45) is 5.41 Å². The number of piperidine rings is 1. The lowest BCUT2D eigenvalue weighted by atomic mass is 9.78. The van der Waals surface area contributed by atoms with Crippen molar-refractivity contribution in [1.29, 1.82) is 0 Å². The Morgan fingerprint density at radius 1 is 1.60 bits per heavy atom. The summed E-state index contributed by atoms with van der Waals surface area (Å²) in [6, 6.07) is 0.00566. The van der Waals surface area contributed by atoms with Crippen molar-refractivity contribution in [3.05, 3.63) is 16.6 Å². The number of methoxy groups -OCH3 is 1. The molecule has 0 aromatic carbocycles. The molecule has 0 radical (unpaired) electrons. The van der Waals surface area contributed by atoms with Gasteiger partial charge in [0.05, 0.1) is 18.1 Å². The number of hydrogen-bond donors (Lipinski definition) is 2. The molecule has 112 valence electrons. The molecule has 1 fully saturated rings. The van der Waals surface area contributed by atoms with E-state index >= 15 is 0 Å². The molecule has 2 heterocycles. The summed E-state index contributed by atoms with van der Waals surface area (Å²) < 4.78 is 5.31. The minimum atomic E-state index is -0.398. The van der Waals surface area contributed by atoms with Gasteiger partial charge in [-0.1, -0.05) is 6.92 Å². The summed E-state index contributed by atoms with van der Waals surface area (Å²) in [6.07, 6.45) is 4.27. The van der Waals surface area contributed by atoms with Crippen molar-refractivity contribution in [2.45, 2.75) is 32.2 Å². The van der Waals surface area contributed by atoms with Crippen LogP contribution < -0.4 is 10.6 Å². The Bertz CT molecular complexity index is 411. The summed E-state index contributed by atoms with van der Waals surface area (Å²) in [5.41, 5.74) is -0.398. The first-order valence-corrected chi connectivity index (χ1v) is 8.00. The minimum Gasteiger partial charge on any atom is -0.384 e. The van der Waals surface area contributed by atoms with E-state index in [9.17, 15) is 4.79 Å². The van der Waals surface area contributed by atoms with Gasteiger partial charge in [0.25, 0.3) is 0 Å². The van der Waals surface area contributed by atoms with E-state index in [1.165, 1.54) is 0 Å². The fourth-order valence-electron chi connectivity index (χ4n) is 2.67. The molecule has 5 nitrogen and oxygen atoms in total. The molecule has 1 aliphatic heterocycles. The predicted octanol–water partition coefficient (Wildman–Crippen LogP) is 1.73. The minimum absolute atomic E-state index is 0.00566. The Balaban J connectivity index is 2.07. The third-order valence-electron chi connectivity index (χ3n) is 3.93. The van der Waals surface area contributed by atoms with E-state index in [4.69, 9.17) is 4.74 Å². The molecular weight excluding hydrogens is 274 g/mol. The lowest BCUT2D eigenvalue weighted by Crippen LogP contribution is -2.50. The van der Waals surface area contributed by atoms with Crippen LogP contribution in [0.15, 0.2) is 11.6 Å². The molecule has 1 aliphatic rings. The van der Waals surface area contributed by atoms with Crippen LogP contribution in [0.5, 0.6) is 0 Å². The first-order valence-electron chi connectivity index (χ1n) is 7.12. The maximum atomic E-state index is 12.7. The number of hydrogen-bond acceptors (Lipinski definition) is 5. The molecule has 1 atom stereocenters. The number of nitrogens with zero attached hydrogens (tertiary/aromatic N) is 1. The van der Waals surface area contributed by atoms with Gasteiger partial charge in [-0.25, -0.2) is 4.98 Å². The molecule has 0 aliphatic carbocycles. The summed E-state index contributed by atoms with van der Waals surface area (Å²) in [6.45, 7) is 4.28. The van der Waals surface area contributed by atoms with Crippen molar-refractivity contribution >= 4 is 17.2 Å². The molecule has 1 saturated heterocycles. The number of ether oxygens (including phenoxy) is 1. The molecule has 2 rings (SSSR count). The highest BCUT2D eigenvalue weighted by molar-refractivity contribution is 7.09. The SMILES string of the molecule is CCC(NC(=O)C1(COC)CCNCC1)c1nccs1. The zero-order valence-electron chi connectivity index (χ0n) is 12.1. The van der Waals surface area contributed by atoms with E-state index in [0.29, 0.717) is 6.61 Å². The molecule has 20 heavy (non-hydrogen) atoms. The van der Waals surface area contributed by atoms with Gasteiger partial charge in [0, 0.05) is 18.7 Å². The Labute approximate surface area is 124 Å². The first kappa shape index (κ1) is 15.4. The number of nitrogens with one attached hydrogen (secondary N) is 2. The third-order valence-corrected chi connectivity index (χ3v) is 4.82. The summed E-state index contributed by atoms with van der Waals surface area (Å²) >= 11 is 1.59. The van der Waals surface area contributed by atoms with Crippen LogP contribution in [0.25, 0.3) is 0 Å². The molecule has 0 saturated carbocycles. The van der Waals surface area contributed by atoms with Crippen LogP contribution in [0.3, 0.4) is 0 Å². The maximum absolute atomic E-state index is 12.7. The van der Waals surface area contributed by atoms with Crippen molar-refractivity contribution in [1.82, 2.24) is 15.6 Å². The fraction of sp³-hybridized carbons (Fsp3) is 0.714. The second-order valence-electron chi connectivity index (χ2n) is 5.27. The Kier molecular flexibility index (Phi) is 5.51. The van der Waals surface area contributed by atoms with Gasteiger partial charge in [-0.05, 0) is 32.4 Å². The number of carbonyl (C=O) groups excluding carboxylic acids is 1. The van der Waals surface area contributed by atoms with Gasteiger partial charge < -0.3 is 15.4 Å². The Hall–Kier alpha value is -0.980. The Morgan fingerprint density at radius 2 is 2.35 bits per heavy atom. The smallest absolute Gasteiger partial charge is 0.229 e. The molecule has 2 N–H and O–H groups in total. The van der Waals surface area contributed by atoms with Crippen LogP contribution in [0, 0.1) is 5.41 Å². The highest BCUT2D eigenvalue weighted by atomic mass is 32.1. The van der Waals surface area contributed by atoms with Crippen molar-refractivity contribution in [2.75, 3.05) is 26.8 Å². The number of thiazole rings is 1. The van der Waals surface area contributed by atoms with E-state index < -0.39 is 5.41 Å². The standard InChI is InChI=1S/C14H23N3O2S/c1-3-11(12-16-8-9-20-12)17-13(18)14(10-19-2)4-6-15-7-5-14/h8-9,11,15H,3-7,10H2,1-2H3,(H,17,18). The fourth-order valence-corrected chi connectivity index (χ4v) is 3.45. The van der Waals surface area contributed by atoms with Gasteiger partial charge in [-0.2, -0.15) is 0 Å². The van der Waals surface area contributed by atoms with Gasteiger partial charge in [-0.15, -0.1) is 11.3 Å². The molecule has 0 spiro atoms. The van der Waals surface area contributed by atoms with E-state index in [0.717, 1.165) is 37.4 Å². The second kappa shape index (κ2) is 7.15. The zero-order valence-corrected chi connectivity index (χ0v) is 13.0. The van der Waals surface area contributed by atoms with Crippen LogP contribution in [0.1, 0.15) is 37.2 Å². The highest BCUT2D eigenvalue weighted by Crippen LogP contribution is 2.31. The van der Waals surface area contributed by atoms with Gasteiger partial charge in [0.1, 0.15) is 5.01 Å². The summed E-state index contributed by atoms with van der Waals surface area (Å²) in [5.74, 6) is 0.0999. The van der Waals surface area contributed by atoms with Crippen molar-refractivity contribution < 1.29 is 9.53 Å². The summed E-state index contributed by atoms with van der Waals surface area (Å²) in [7, 11) is 1.66. The quantitative estimate of drug-likeness (QED) is 0.839. The van der Waals surface area contributed by atoms with Crippen LogP contribution in [-0.2, 0) is 9.53 Å². The monoisotopic (exact) mass is 297 g/mol. The molecule has 1 aromatic heterocycles. The predicted molar refractivity (Wildman–Crippen MR) is 79.7 cm³/mol. The molecule has 1 amide bonds. The topological polar surface area (TPSA) is 63.2 Å². The highest BCUT2D eigenvalue weighted by Gasteiger charge is 2.40. The first-order chi connectivity index (χ1) is 9.72. The van der Waals surface area contributed by atoms with E-state index in [2.05, 4.69) is 22.5 Å². The number of aromatic nitrogens is 1. The summed E-state index contributed by atoms with van der Waals surface area (Å²) in [5, 5.41) is 9.39. The van der Waals surface area contributed by atoms with Crippen molar-refractivity contribution in [3.63, 3.8) is 0 Å². The Morgan fingerprint density at radius 3 is 2.90 bits per heavy atom. The largest absolute Gasteiger partial charge is 0.384 e. The van der Waals surface area contributed by atoms with Gasteiger partial charge in [-0.3, -0.25) is 4.79 Å². The van der Waals surface area contributed by atoms with Gasteiger partial charge in [0.15, 0.2) is 0 Å². The van der Waals surface area contributed by atoms with Gasteiger partial charge >= 0.3 is 0 Å². The van der Waals surface area contributed by atoms with Crippen LogP contribution in [0.4, 0.5) is 0 Å². The maximum Gasteiger partial charge on any atom is 0.229 e. The molecule has 6 heteroatoms. The van der Waals surface area contributed by atoms with E-state index in [1.807, 2.05) is 5.38 Å². The molecule has 1 unspecified atom stereocenters. The zero-order chi connectivity index (χ0) is 14.4. The average Bonchev–Trinajstić information content (AvgIpc) is 2.99. The van der Waals surface area contributed by atoms with Gasteiger partial charge in [0.2, 0.25) is 5.91 Å². The summed E-state index contributed by atoms with van der Waals surface area (Å²) in [4.78, 5) is 17.0. The normalized spacial score (nSPS) is 19.5. The molecular formula is C14H23N3O2S. The van der Waals surface area contributed by atoms with Crippen LogP contribution >= 0.6 is 11.3 Å². The van der Waals surface area contributed by atoms with Crippen LogP contribution in [-0.4, -0.2) is 37.7 Å². The molecule has 0 bridgehead atoms. The second-order valence-corrected chi connectivity index (χ2v) is 6.19. The third kappa shape index (κ3) is 3.37.